The third-order valence-electron chi connectivity index (χ3n) is 3.19. The Labute approximate surface area is 143 Å². The van der Waals surface area contributed by atoms with Gasteiger partial charge in [0.1, 0.15) is 16.5 Å². The van der Waals surface area contributed by atoms with E-state index in [0.717, 1.165) is 0 Å². The second-order valence-corrected chi connectivity index (χ2v) is 7.38. The molecule has 0 bridgehead atoms. The summed E-state index contributed by atoms with van der Waals surface area (Å²) in [5.74, 6) is -0.160. The van der Waals surface area contributed by atoms with Gasteiger partial charge in [0.2, 0.25) is 10.0 Å². The lowest BCUT2D eigenvalue weighted by molar-refractivity contribution is 0.588. The van der Waals surface area contributed by atoms with Crippen LogP contribution in [0.5, 0.6) is 0 Å². The van der Waals surface area contributed by atoms with Gasteiger partial charge in [0.25, 0.3) is 0 Å². The van der Waals surface area contributed by atoms with Gasteiger partial charge in [0, 0.05) is 16.8 Å². The highest BCUT2D eigenvalue weighted by Gasteiger charge is 2.18. The molecule has 9 heteroatoms. The van der Waals surface area contributed by atoms with Crippen LogP contribution in [0.2, 0.25) is 10.0 Å². The lowest BCUT2D eigenvalue weighted by Crippen LogP contribution is -2.19. The van der Waals surface area contributed by atoms with Crippen molar-refractivity contribution in [2.75, 3.05) is 12.4 Å². The number of benzene rings is 1. The van der Waals surface area contributed by atoms with Crippen molar-refractivity contribution in [3.8, 4) is 0 Å². The lowest BCUT2D eigenvalue weighted by Gasteiger charge is -2.18. The number of hydrogen-bond acceptors (Lipinski definition) is 4. The molecule has 23 heavy (non-hydrogen) atoms. The Balaban J connectivity index is 2.25. The van der Waals surface area contributed by atoms with E-state index >= 15 is 0 Å². The first kappa shape index (κ1) is 17.9. The van der Waals surface area contributed by atoms with E-state index in [0.29, 0.717) is 16.4 Å². The number of hydrogen-bond donors (Lipinski definition) is 2. The van der Waals surface area contributed by atoms with Crippen molar-refractivity contribution in [1.29, 1.82) is 0 Å². The van der Waals surface area contributed by atoms with Crippen LogP contribution >= 0.6 is 23.2 Å². The van der Waals surface area contributed by atoms with Crippen molar-refractivity contribution in [3.05, 3.63) is 51.9 Å². The van der Waals surface area contributed by atoms with Crippen molar-refractivity contribution >= 4 is 39.0 Å². The first-order valence-electron chi connectivity index (χ1n) is 6.56. The molecule has 0 radical (unpaired) electrons. The summed E-state index contributed by atoms with van der Waals surface area (Å²) in [6.07, 6.45) is 1.22. The molecule has 0 saturated heterocycles. The first-order chi connectivity index (χ1) is 10.8. The Bertz CT molecular complexity index is 814. The van der Waals surface area contributed by atoms with Crippen LogP contribution in [0.25, 0.3) is 0 Å². The molecule has 0 fully saturated rings. The van der Waals surface area contributed by atoms with Gasteiger partial charge in [-0.3, -0.25) is 0 Å². The van der Waals surface area contributed by atoms with Crippen LogP contribution in [0.3, 0.4) is 0 Å². The smallest absolute Gasteiger partial charge is 0.241 e. The number of aromatic nitrogens is 1. The summed E-state index contributed by atoms with van der Waals surface area (Å²) >= 11 is 12.0. The average molecular weight is 378 g/mol. The molecule has 5 nitrogen and oxygen atoms in total. The zero-order valence-corrected chi connectivity index (χ0v) is 14.6. The zero-order valence-electron chi connectivity index (χ0n) is 12.3. The van der Waals surface area contributed by atoms with E-state index in [2.05, 4.69) is 15.0 Å². The molecule has 0 saturated carbocycles. The van der Waals surface area contributed by atoms with Gasteiger partial charge >= 0.3 is 0 Å². The SMILES string of the molecule is CNS(=O)(=O)c1ccc(NC(C)c2c(Cl)ccc(F)c2Cl)nc1. The second kappa shape index (κ2) is 7.00. The molecule has 2 N–H and O–H groups in total. The summed E-state index contributed by atoms with van der Waals surface area (Å²) in [4.78, 5) is 4.07. The fourth-order valence-electron chi connectivity index (χ4n) is 1.98. The number of anilines is 1. The highest BCUT2D eigenvalue weighted by molar-refractivity contribution is 7.89. The fourth-order valence-corrected chi connectivity index (χ4v) is 3.35. The zero-order chi connectivity index (χ0) is 17.2. The molecule has 124 valence electrons. The normalized spacial score (nSPS) is 12.9. The summed E-state index contributed by atoms with van der Waals surface area (Å²) < 4.78 is 39.0. The van der Waals surface area contributed by atoms with Crippen LogP contribution in [0.1, 0.15) is 18.5 Å². The number of pyridine rings is 1. The summed E-state index contributed by atoms with van der Waals surface area (Å²) in [5.41, 5.74) is 0.405. The number of nitrogens with one attached hydrogen (secondary N) is 2. The Hall–Kier alpha value is -1.41. The average Bonchev–Trinajstić information content (AvgIpc) is 2.52. The number of rotatable bonds is 5. The predicted octanol–water partition coefficient (Wildman–Crippen LogP) is 3.61. The maximum atomic E-state index is 13.6. The Kier molecular flexibility index (Phi) is 5.46. The summed E-state index contributed by atoms with van der Waals surface area (Å²) in [5, 5.41) is 3.26. The predicted molar refractivity (Wildman–Crippen MR) is 88.9 cm³/mol. The fraction of sp³-hybridized carbons (Fsp3) is 0.214. The van der Waals surface area contributed by atoms with E-state index in [9.17, 15) is 12.8 Å². The lowest BCUT2D eigenvalue weighted by atomic mass is 10.1. The van der Waals surface area contributed by atoms with Gasteiger partial charge in [-0.25, -0.2) is 22.5 Å². The Morgan fingerprint density at radius 1 is 1.22 bits per heavy atom. The number of sulfonamides is 1. The van der Waals surface area contributed by atoms with Crippen molar-refractivity contribution in [1.82, 2.24) is 9.71 Å². The molecule has 0 aliphatic heterocycles. The monoisotopic (exact) mass is 377 g/mol. The van der Waals surface area contributed by atoms with Crippen LogP contribution in [-0.4, -0.2) is 20.4 Å². The van der Waals surface area contributed by atoms with E-state index in [1.165, 1.54) is 37.5 Å². The highest BCUT2D eigenvalue weighted by atomic mass is 35.5. The summed E-state index contributed by atoms with van der Waals surface area (Å²) in [6.45, 7) is 1.74. The van der Waals surface area contributed by atoms with Crippen LogP contribution in [0.15, 0.2) is 35.4 Å². The standard InChI is InChI=1S/C14H14Cl2FN3O2S/c1-8(13-10(15)4-5-11(17)14(13)16)20-12-6-3-9(7-19-12)23(21,22)18-2/h3-8,18H,1-2H3,(H,19,20). The van der Waals surface area contributed by atoms with E-state index in [-0.39, 0.29) is 9.92 Å². The van der Waals surface area contributed by atoms with Gasteiger partial charge in [-0.1, -0.05) is 23.2 Å². The molecule has 0 amide bonds. The molecular weight excluding hydrogens is 364 g/mol. The summed E-state index contributed by atoms with van der Waals surface area (Å²) in [7, 11) is -2.23. The van der Waals surface area contributed by atoms with Gasteiger partial charge in [-0.05, 0) is 38.2 Å². The van der Waals surface area contributed by atoms with E-state index < -0.39 is 21.9 Å². The van der Waals surface area contributed by atoms with Gasteiger partial charge < -0.3 is 5.32 Å². The molecule has 1 aromatic heterocycles. The first-order valence-corrected chi connectivity index (χ1v) is 8.79. The van der Waals surface area contributed by atoms with Crippen molar-refractivity contribution in [3.63, 3.8) is 0 Å². The molecule has 0 aliphatic rings. The largest absolute Gasteiger partial charge is 0.363 e. The molecule has 0 spiro atoms. The third kappa shape index (κ3) is 3.92. The minimum absolute atomic E-state index is 0.0417. The Morgan fingerprint density at radius 2 is 1.91 bits per heavy atom. The molecule has 1 heterocycles. The number of halogens is 3. The molecule has 0 aliphatic carbocycles. The van der Waals surface area contributed by atoms with Gasteiger partial charge in [0.15, 0.2) is 0 Å². The maximum Gasteiger partial charge on any atom is 0.241 e. The molecule has 1 atom stereocenters. The van der Waals surface area contributed by atoms with Crippen LogP contribution < -0.4 is 10.0 Å². The van der Waals surface area contributed by atoms with Gasteiger partial charge in [0.05, 0.1) is 11.1 Å². The van der Waals surface area contributed by atoms with E-state index in [1.807, 2.05) is 0 Å². The second-order valence-electron chi connectivity index (χ2n) is 4.71. The topological polar surface area (TPSA) is 71.1 Å². The molecule has 1 aromatic carbocycles. The molecule has 2 aromatic rings. The van der Waals surface area contributed by atoms with Crippen LogP contribution in [0, 0.1) is 5.82 Å². The highest BCUT2D eigenvalue weighted by Crippen LogP contribution is 2.33. The Morgan fingerprint density at radius 3 is 2.48 bits per heavy atom. The third-order valence-corrected chi connectivity index (χ3v) is 5.31. The van der Waals surface area contributed by atoms with Crippen molar-refractivity contribution in [2.24, 2.45) is 0 Å². The quantitative estimate of drug-likeness (QED) is 0.780. The van der Waals surface area contributed by atoms with Gasteiger partial charge in [-0.2, -0.15) is 0 Å². The van der Waals surface area contributed by atoms with Crippen LogP contribution in [-0.2, 0) is 10.0 Å². The van der Waals surface area contributed by atoms with Crippen LogP contribution in [0.4, 0.5) is 10.2 Å². The molecular formula is C14H14Cl2FN3O2S. The minimum atomic E-state index is -3.55. The number of nitrogens with zero attached hydrogens (tertiary/aromatic N) is 1. The van der Waals surface area contributed by atoms with Crippen molar-refractivity contribution in [2.45, 2.75) is 17.9 Å². The summed E-state index contributed by atoms with van der Waals surface area (Å²) in [6, 6.07) is 5.10. The van der Waals surface area contributed by atoms with E-state index in [4.69, 9.17) is 23.2 Å². The van der Waals surface area contributed by atoms with E-state index in [1.54, 1.807) is 6.92 Å². The van der Waals surface area contributed by atoms with Gasteiger partial charge in [-0.15, -0.1) is 0 Å². The van der Waals surface area contributed by atoms with Crippen molar-refractivity contribution < 1.29 is 12.8 Å². The maximum absolute atomic E-state index is 13.6. The molecule has 2 rings (SSSR count). The molecule has 1 unspecified atom stereocenters. The minimum Gasteiger partial charge on any atom is -0.363 e.